The highest BCUT2D eigenvalue weighted by atomic mass is 35.5. The molecule has 0 bridgehead atoms. The summed E-state index contributed by atoms with van der Waals surface area (Å²) in [5, 5.41) is 0. The Morgan fingerprint density at radius 2 is 1.26 bits per heavy atom. The minimum atomic E-state index is -0.290. The topological polar surface area (TPSA) is 35.5 Å². The van der Waals surface area contributed by atoms with Crippen molar-refractivity contribution < 1.29 is 14.6 Å². The van der Waals surface area contributed by atoms with Gasteiger partial charge in [0.25, 0.3) is 0 Å². The van der Waals surface area contributed by atoms with Gasteiger partial charge in [0, 0.05) is 6.42 Å². The van der Waals surface area contributed by atoms with Crippen LogP contribution >= 0.6 is 12.4 Å². The van der Waals surface area contributed by atoms with Gasteiger partial charge in [-0.25, -0.2) is 4.79 Å². The van der Waals surface area contributed by atoms with Crippen molar-refractivity contribution in [2.75, 3.05) is 6.61 Å². The van der Waals surface area contributed by atoms with Crippen molar-refractivity contribution in [1.82, 2.24) is 0 Å². The van der Waals surface area contributed by atoms with E-state index in [1.165, 1.54) is 57.8 Å². The molecule has 0 heterocycles. The maximum absolute atomic E-state index is 10.7. The van der Waals surface area contributed by atoms with Gasteiger partial charge < -0.3 is 0 Å². The van der Waals surface area contributed by atoms with E-state index in [1.807, 2.05) is 0 Å². The van der Waals surface area contributed by atoms with E-state index in [0.717, 1.165) is 6.42 Å². The normalized spacial score (nSPS) is 10.0. The van der Waals surface area contributed by atoms with Crippen LogP contribution in [0.5, 0.6) is 0 Å². The van der Waals surface area contributed by atoms with Gasteiger partial charge in [0.05, 0.1) is 6.61 Å². The first-order valence-electron chi connectivity index (χ1n) is 7.63. The third-order valence-electron chi connectivity index (χ3n) is 3.02. The summed E-state index contributed by atoms with van der Waals surface area (Å²) in [5.41, 5.74) is 0. The fourth-order valence-corrected chi connectivity index (χ4v) is 1.81. The summed E-state index contributed by atoms with van der Waals surface area (Å²) in [6.07, 6.45) is 13.3. The van der Waals surface area contributed by atoms with Crippen molar-refractivity contribution in [1.29, 1.82) is 0 Å². The predicted octanol–water partition coefficient (Wildman–Crippen LogP) is 5.21. The molecule has 0 fully saturated rings. The monoisotopic (exact) mass is 294 g/mol. The van der Waals surface area contributed by atoms with E-state index in [2.05, 4.69) is 11.8 Å². The quantitative estimate of drug-likeness (QED) is 0.265. The zero-order valence-corrected chi connectivity index (χ0v) is 13.4. The van der Waals surface area contributed by atoms with E-state index in [4.69, 9.17) is 4.89 Å². The lowest BCUT2D eigenvalue weighted by atomic mass is 10.1. The molecule has 116 valence electrons. The van der Waals surface area contributed by atoms with E-state index >= 15 is 0 Å². The molecule has 0 saturated carbocycles. The van der Waals surface area contributed by atoms with Crippen molar-refractivity contribution in [2.24, 2.45) is 0 Å². The number of unbranched alkanes of at least 4 members (excludes halogenated alkanes) is 9. The summed E-state index contributed by atoms with van der Waals surface area (Å²) in [7, 11) is 0. The zero-order chi connectivity index (χ0) is 13.5. The average molecular weight is 295 g/mol. The molecule has 0 aromatic heterocycles. The fraction of sp³-hybridized carbons (Fsp3) is 0.933. The molecule has 4 heteroatoms. The maximum Gasteiger partial charge on any atom is 0.342 e. The molecular formula is C15H31ClO3. The molecule has 0 unspecified atom stereocenters. The van der Waals surface area contributed by atoms with Gasteiger partial charge in [-0.1, -0.05) is 71.6 Å². The molecule has 0 aromatic carbocycles. The molecular weight excluding hydrogens is 264 g/mol. The smallest absolute Gasteiger partial charge is 0.298 e. The van der Waals surface area contributed by atoms with Crippen LogP contribution in [0.3, 0.4) is 0 Å². The van der Waals surface area contributed by atoms with Gasteiger partial charge in [0.1, 0.15) is 0 Å². The Morgan fingerprint density at radius 1 is 0.789 bits per heavy atom. The van der Waals surface area contributed by atoms with E-state index in [1.54, 1.807) is 6.92 Å². The van der Waals surface area contributed by atoms with Crippen molar-refractivity contribution in [3.8, 4) is 0 Å². The SMILES string of the molecule is CCCCCCCCCCCCOOC(=O)CC.Cl. The first-order chi connectivity index (χ1) is 8.81. The lowest BCUT2D eigenvalue weighted by Gasteiger charge is -2.03. The van der Waals surface area contributed by atoms with Crippen LogP contribution in [0.2, 0.25) is 0 Å². The van der Waals surface area contributed by atoms with Crippen LogP contribution in [0.15, 0.2) is 0 Å². The van der Waals surface area contributed by atoms with Gasteiger partial charge in [-0.15, -0.1) is 12.4 Å². The molecule has 0 atom stereocenters. The molecule has 0 radical (unpaired) electrons. The summed E-state index contributed by atoms with van der Waals surface area (Å²) >= 11 is 0. The summed E-state index contributed by atoms with van der Waals surface area (Å²) in [6, 6.07) is 0. The van der Waals surface area contributed by atoms with Gasteiger partial charge >= 0.3 is 5.97 Å². The molecule has 0 aliphatic rings. The predicted molar refractivity (Wildman–Crippen MR) is 81.4 cm³/mol. The van der Waals surface area contributed by atoms with Crippen molar-refractivity contribution in [3.05, 3.63) is 0 Å². The third kappa shape index (κ3) is 17.7. The van der Waals surface area contributed by atoms with Crippen LogP contribution in [-0.2, 0) is 14.6 Å². The Morgan fingerprint density at radius 3 is 1.74 bits per heavy atom. The second kappa shape index (κ2) is 17.7. The second-order valence-electron chi connectivity index (χ2n) is 4.81. The summed E-state index contributed by atoms with van der Waals surface area (Å²) in [5.74, 6) is -0.290. The molecule has 19 heavy (non-hydrogen) atoms. The van der Waals surface area contributed by atoms with E-state index in [0.29, 0.717) is 13.0 Å². The minimum absolute atomic E-state index is 0. The van der Waals surface area contributed by atoms with Gasteiger partial charge in [0.15, 0.2) is 0 Å². The number of rotatable bonds is 13. The largest absolute Gasteiger partial charge is 0.342 e. The molecule has 0 aromatic rings. The highest BCUT2D eigenvalue weighted by Crippen LogP contribution is 2.10. The maximum atomic E-state index is 10.7. The van der Waals surface area contributed by atoms with Gasteiger partial charge in [-0.3, -0.25) is 4.89 Å². The summed E-state index contributed by atoms with van der Waals surface area (Å²) in [4.78, 5) is 20.1. The minimum Gasteiger partial charge on any atom is -0.298 e. The Labute approximate surface area is 124 Å². The van der Waals surface area contributed by atoms with Crippen molar-refractivity contribution in [2.45, 2.75) is 84.5 Å². The lowest BCUT2D eigenvalue weighted by Crippen LogP contribution is -2.04. The van der Waals surface area contributed by atoms with Crippen LogP contribution < -0.4 is 0 Å². The number of halogens is 1. The van der Waals surface area contributed by atoms with Gasteiger partial charge in [-0.2, -0.15) is 4.89 Å². The van der Waals surface area contributed by atoms with Crippen LogP contribution in [0.25, 0.3) is 0 Å². The fourth-order valence-electron chi connectivity index (χ4n) is 1.81. The first kappa shape index (κ1) is 21.0. The highest BCUT2D eigenvalue weighted by molar-refractivity contribution is 5.85. The molecule has 0 saturated heterocycles. The van der Waals surface area contributed by atoms with Gasteiger partial charge in [-0.05, 0) is 6.42 Å². The molecule has 0 N–H and O–H groups in total. The van der Waals surface area contributed by atoms with Crippen molar-refractivity contribution >= 4 is 18.4 Å². The second-order valence-corrected chi connectivity index (χ2v) is 4.81. The van der Waals surface area contributed by atoms with Crippen molar-refractivity contribution in [3.63, 3.8) is 0 Å². The highest BCUT2D eigenvalue weighted by Gasteiger charge is 1.98. The lowest BCUT2D eigenvalue weighted by molar-refractivity contribution is -0.272. The summed E-state index contributed by atoms with van der Waals surface area (Å²) < 4.78 is 0. The Bertz CT molecular complexity index is 186. The first-order valence-corrected chi connectivity index (χ1v) is 7.63. The zero-order valence-electron chi connectivity index (χ0n) is 12.6. The molecule has 0 amide bonds. The van der Waals surface area contributed by atoms with Crippen LogP contribution in [-0.4, -0.2) is 12.6 Å². The Hall–Kier alpha value is -0.280. The number of hydrogen-bond acceptors (Lipinski definition) is 3. The third-order valence-corrected chi connectivity index (χ3v) is 3.02. The van der Waals surface area contributed by atoms with E-state index in [9.17, 15) is 4.79 Å². The molecule has 0 spiro atoms. The van der Waals surface area contributed by atoms with Crippen LogP contribution in [0.4, 0.5) is 0 Å². The molecule has 0 aliphatic heterocycles. The molecule has 3 nitrogen and oxygen atoms in total. The Balaban J connectivity index is 0. The molecule has 0 aliphatic carbocycles. The van der Waals surface area contributed by atoms with E-state index < -0.39 is 0 Å². The Kier molecular flexibility index (Phi) is 19.6. The standard InChI is InChI=1S/C15H30O3.ClH/c1-3-5-6-7-8-9-10-11-12-13-14-17-18-15(16)4-2;/h3-14H2,1-2H3;1H. The van der Waals surface area contributed by atoms with Crippen LogP contribution in [0, 0.1) is 0 Å². The summed E-state index contributed by atoms with van der Waals surface area (Å²) in [6.45, 7) is 4.54. The van der Waals surface area contributed by atoms with Gasteiger partial charge in [0.2, 0.25) is 0 Å². The van der Waals surface area contributed by atoms with E-state index in [-0.39, 0.29) is 18.4 Å². The number of hydrogen-bond donors (Lipinski definition) is 0. The number of carbonyl (C=O) groups is 1. The molecule has 0 rings (SSSR count). The number of carbonyl (C=O) groups excluding carboxylic acids is 1. The average Bonchev–Trinajstić information content (AvgIpc) is 2.39. The van der Waals surface area contributed by atoms with Crippen LogP contribution in [0.1, 0.15) is 84.5 Å².